The zero-order valence-electron chi connectivity index (χ0n) is 14.4. The van der Waals surface area contributed by atoms with Gasteiger partial charge >= 0.3 is 0 Å². The van der Waals surface area contributed by atoms with Crippen LogP contribution in [0.3, 0.4) is 0 Å². The average Bonchev–Trinajstić information content (AvgIpc) is 3.10. The third-order valence-electron chi connectivity index (χ3n) is 4.81. The van der Waals surface area contributed by atoms with E-state index in [2.05, 4.69) is 20.2 Å². The Kier molecular flexibility index (Phi) is 4.20. The Morgan fingerprint density at radius 2 is 2.19 bits per heavy atom. The summed E-state index contributed by atoms with van der Waals surface area (Å²) >= 11 is 0. The van der Waals surface area contributed by atoms with Crippen LogP contribution in [0.4, 0.5) is 21.7 Å². The number of H-pyrrole nitrogens is 1. The van der Waals surface area contributed by atoms with Crippen molar-refractivity contribution >= 4 is 34.5 Å². The molecule has 0 amide bonds. The topological polar surface area (TPSA) is 64.3 Å². The molecule has 1 saturated heterocycles. The lowest BCUT2D eigenvalue weighted by Gasteiger charge is -2.40. The Morgan fingerprint density at radius 1 is 1.31 bits per heavy atom. The second-order valence-electron chi connectivity index (χ2n) is 6.35. The minimum absolute atomic E-state index is 0.269. The first-order valence-electron chi connectivity index (χ1n) is 8.57. The molecule has 134 valence electrons. The number of carbonyl (C=O) groups excluding carboxylic acids is 1. The first-order chi connectivity index (χ1) is 12.7. The number of benzene rings is 1. The van der Waals surface area contributed by atoms with Gasteiger partial charge in [-0.1, -0.05) is 0 Å². The quantitative estimate of drug-likeness (QED) is 0.706. The average molecular weight is 353 g/mol. The van der Waals surface area contributed by atoms with Gasteiger partial charge in [-0.25, -0.2) is 9.37 Å². The highest BCUT2D eigenvalue weighted by Gasteiger charge is 2.29. The standard InChI is InChI=1S/C19H20FN5O/c1-21-17-3-2-6-22-19(17)24-7-8-25(15(11-24)12-26)18-10-13-9-14(20)4-5-16(13)23-18/h2-6,9-10,12,15,21,23H,7-8,11H2,1H3. The number of carbonyl (C=O) groups is 1. The van der Waals surface area contributed by atoms with Crippen LogP contribution >= 0.6 is 0 Å². The van der Waals surface area contributed by atoms with Crippen molar-refractivity contribution in [1.29, 1.82) is 0 Å². The van der Waals surface area contributed by atoms with Gasteiger partial charge in [0.15, 0.2) is 5.82 Å². The maximum absolute atomic E-state index is 13.4. The number of aldehydes is 1. The largest absolute Gasteiger partial charge is 0.385 e. The normalized spacial score (nSPS) is 17.5. The summed E-state index contributed by atoms with van der Waals surface area (Å²) < 4.78 is 13.4. The Bertz CT molecular complexity index is 941. The Hall–Kier alpha value is -3.09. The molecule has 1 atom stereocenters. The van der Waals surface area contributed by atoms with Crippen molar-refractivity contribution in [3.8, 4) is 0 Å². The van der Waals surface area contributed by atoms with Crippen LogP contribution in [0.5, 0.6) is 0 Å². The van der Waals surface area contributed by atoms with Crippen molar-refractivity contribution in [2.24, 2.45) is 0 Å². The molecule has 26 heavy (non-hydrogen) atoms. The maximum atomic E-state index is 13.4. The number of pyridine rings is 1. The fourth-order valence-electron chi connectivity index (χ4n) is 3.50. The van der Waals surface area contributed by atoms with Crippen LogP contribution in [0, 0.1) is 5.82 Å². The Morgan fingerprint density at radius 3 is 3.00 bits per heavy atom. The molecule has 7 heteroatoms. The predicted molar refractivity (Wildman–Crippen MR) is 101 cm³/mol. The van der Waals surface area contributed by atoms with Gasteiger partial charge in [-0.05, 0) is 36.4 Å². The van der Waals surface area contributed by atoms with Crippen LogP contribution in [0.25, 0.3) is 10.9 Å². The fraction of sp³-hybridized carbons (Fsp3) is 0.263. The van der Waals surface area contributed by atoms with Gasteiger partial charge in [0.05, 0.1) is 5.69 Å². The molecule has 0 saturated carbocycles. The summed E-state index contributed by atoms with van der Waals surface area (Å²) in [4.78, 5) is 23.7. The lowest BCUT2D eigenvalue weighted by Crippen LogP contribution is -2.54. The maximum Gasteiger partial charge on any atom is 0.152 e. The summed E-state index contributed by atoms with van der Waals surface area (Å²) in [6, 6.07) is 10.1. The number of hydrogen-bond acceptors (Lipinski definition) is 5. The highest BCUT2D eigenvalue weighted by Crippen LogP contribution is 2.28. The number of hydrogen-bond donors (Lipinski definition) is 2. The lowest BCUT2D eigenvalue weighted by atomic mass is 10.1. The van der Waals surface area contributed by atoms with E-state index >= 15 is 0 Å². The fourth-order valence-corrected chi connectivity index (χ4v) is 3.50. The van der Waals surface area contributed by atoms with E-state index in [0.717, 1.165) is 41.1 Å². The third kappa shape index (κ3) is 2.85. The predicted octanol–water partition coefficient (Wildman–Crippen LogP) is 2.64. The van der Waals surface area contributed by atoms with Crippen LogP contribution in [-0.2, 0) is 4.79 Å². The zero-order chi connectivity index (χ0) is 18.1. The Labute approximate surface area is 150 Å². The molecule has 0 bridgehead atoms. The highest BCUT2D eigenvalue weighted by atomic mass is 19.1. The van der Waals surface area contributed by atoms with E-state index in [-0.39, 0.29) is 11.9 Å². The molecule has 1 aliphatic heterocycles. The molecule has 0 spiro atoms. The lowest BCUT2D eigenvalue weighted by molar-refractivity contribution is -0.109. The first kappa shape index (κ1) is 16.4. The zero-order valence-corrected chi connectivity index (χ0v) is 14.4. The molecule has 4 rings (SSSR count). The van der Waals surface area contributed by atoms with E-state index in [0.29, 0.717) is 13.1 Å². The van der Waals surface area contributed by atoms with Gasteiger partial charge in [-0.15, -0.1) is 0 Å². The van der Waals surface area contributed by atoms with E-state index in [9.17, 15) is 9.18 Å². The second kappa shape index (κ2) is 6.67. The van der Waals surface area contributed by atoms with Crippen LogP contribution in [0.1, 0.15) is 0 Å². The molecule has 0 radical (unpaired) electrons. The van der Waals surface area contributed by atoms with Crippen molar-refractivity contribution in [2.75, 3.05) is 41.8 Å². The van der Waals surface area contributed by atoms with E-state index < -0.39 is 0 Å². The van der Waals surface area contributed by atoms with Gasteiger partial charge in [0, 0.05) is 43.8 Å². The summed E-state index contributed by atoms with van der Waals surface area (Å²) in [5.74, 6) is 1.41. The van der Waals surface area contributed by atoms with Crippen molar-refractivity contribution in [3.05, 3.63) is 48.4 Å². The molecule has 1 aliphatic rings. The smallest absolute Gasteiger partial charge is 0.152 e. The SMILES string of the molecule is CNc1cccnc1N1CCN(c2cc3cc(F)ccc3[nH]2)C(C=O)C1. The first-order valence-corrected chi connectivity index (χ1v) is 8.57. The van der Waals surface area contributed by atoms with E-state index in [1.165, 1.54) is 12.1 Å². The molecule has 2 N–H and O–H groups in total. The van der Waals surface area contributed by atoms with Gasteiger partial charge in [0.2, 0.25) is 0 Å². The number of rotatable bonds is 4. The number of anilines is 3. The number of halogens is 1. The number of nitrogens with zero attached hydrogens (tertiary/aromatic N) is 3. The monoisotopic (exact) mass is 353 g/mol. The summed E-state index contributed by atoms with van der Waals surface area (Å²) in [6.45, 7) is 1.94. The summed E-state index contributed by atoms with van der Waals surface area (Å²) in [5.41, 5.74) is 1.79. The molecule has 1 aromatic carbocycles. The second-order valence-corrected chi connectivity index (χ2v) is 6.35. The van der Waals surface area contributed by atoms with Gasteiger partial charge in [0.25, 0.3) is 0 Å². The minimum Gasteiger partial charge on any atom is -0.385 e. The number of piperazine rings is 1. The number of nitrogens with one attached hydrogen (secondary N) is 2. The molecule has 3 aromatic rings. The van der Waals surface area contributed by atoms with Gasteiger partial charge in [-0.3, -0.25) is 0 Å². The van der Waals surface area contributed by atoms with Crippen molar-refractivity contribution < 1.29 is 9.18 Å². The number of aromatic nitrogens is 2. The molecule has 1 unspecified atom stereocenters. The van der Waals surface area contributed by atoms with Crippen LogP contribution in [0.2, 0.25) is 0 Å². The molecular weight excluding hydrogens is 333 g/mol. The summed E-state index contributed by atoms with van der Waals surface area (Å²) in [7, 11) is 1.86. The highest BCUT2D eigenvalue weighted by molar-refractivity contribution is 5.85. The Balaban J connectivity index is 1.60. The van der Waals surface area contributed by atoms with Gasteiger partial charge in [-0.2, -0.15) is 0 Å². The minimum atomic E-state index is -0.312. The van der Waals surface area contributed by atoms with E-state index in [1.54, 1.807) is 12.3 Å². The van der Waals surface area contributed by atoms with E-state index in [1.807, 2.05) is 30.1 Å². The molecular formula is C19H20FN5O. The molecule has 0 aliphatic carbocycles. The molecule has 3 heterocycles. The van der Waals surface area contributed by atoms with Crippen molar-refractivity contribution in [2.45, 2.75) is 6.04 Å². The van der Waals surface area contributed by atoms with Crippen LogP contribution in [0.15, 0.2) is 42.6 Å². The number of aromatic amines is 1. The summed E-state index contributed by atoms with van der Waals surface area (Å²) in [6.07, 6.45) is 2.71. The van der Waals surface area contributed by atoms with Crippen LogP contribution < -0.4 is 15.1 Å². The van der Waals surface area contributed by atoms with Gasteiger partial charge in [0.1, 0.15) is 24.0 Å². The number of fused-ring (bicyclic) bond motifs is 1. The van der Waals surface area contributed by atoms with Crippen LogP contribution in [-0.4, -0.2) is 49.0 Å². The molecule has 1 fully saturated rings. The molecule has 2 aromatic heterocycles. The van der Waals surface area contributed by atoms with Crippen molar-refractivity contribution in [1.82, 2.24) is 9.97 Å². The molecule has 6 nitrogen and oxygen atoms in total. The van der Waals surface area contributed by atoms with Gasteiger partial charge < -0.3 is 24.9 Å². The van der Waals surface area contributed by atoms with E-state index in [4.69, 9.17) is 0 Å². The summed E-state index contributed by atoms with van der Waals surface area (Å²) in [5, 5.41) is 3.94. The van der Waals surface area contributed by atoms with Crippen molar-refractivity contribution in [3.63, 3.8) is 0 Å². The third-order valence-corrected chi connectivity index (χ3v) is 4.81.